The molecule has 0 radical (unpaired) electrons. The largest absolute Gasteiger partial charge is 0.316 e. The van der Waals surface area contributed by atoms with E-state index in [1.165, 1.54) is 24.1 Å². The van der Waals surface area contributed by atoms with Crippen LogP contribution < -0.4 is 5.32 Å². The molecule has 0 bridgehead atoms. The molecule has 2 nitrogen and oxygen atoms in total. The third-order valence-electron chi connectivity index (χ3n) is 3.03. The van der Waals surface area contributed by atoms with Gasteiger partial charge in [-0.05, 0) is 45.0 Å². The van der Waals surface area contributed by atoms with E-state index in [0.717, 1.165) is 13.1 Å². The van der Waals surface area contributed by atoms with E-state index in [0.29, 0.717) is 6.04 Å². The first-order valence-electron chi connectivity index (χ1n) is 6.63. The predicted molar refractivity (Wildman–Crippen MR) is 75.0 cm³/mol. The number of nitrogens with one attached hydrogen (secondary N) is 1. The lowest BCUT2D eigenvalue weighted by atomic mass is 10.1. The Kier molecular flexibility index (Phi) is 6.23. The molecule has 0 aliphatic carbocycles. The van der Waals surface area contributed by atoms with E-state index >= 15 is 0 Å². The van der Waals surface area contributed by atoms with Crippen molar-refractivity contribution in [2.24, 2.45) is 0 Å². The van der Waals surface area contributed by atoms with Gasteiger partial charge in [-0.15, -0.1) is 0 Å². The fourth-order valence-electron chi connectivity index (χ4n) is 2.01. The minimum absolute atomic E-state index is 0.618. The Bertz CT molecular complexity index is 303. The van der Waals surface area contributed by atoms with Gasteiger partial charge in [0.2, 0.25) is 0 Å². The van der Waals surface area contributed by atoms with E-state index in [4.69, 9.17) is 0 Å². The number of nitrogens with zero attached hydrogens (tertiary/aromatic N) is 1. The van der Waals surface area contributed by atoms with Crippen LogP contribution in [0, 0.1) is 0 Å². The van der Waals surface area contributed by atoms with Crippen LogP contribution in [-0.4, -0.2) is 24.5 Å². The molecule has 2 heteroatoms. The molecule has 0 spiro atoms. The van der Waals surface area contributed by atoms with Crippen molar-refractivity contribution in [3.05, 3.63) is 35.4 Å². The Morgan fingerprint density at radius 1 is 1.12 bits per heavy atom. The highest BCUT2D eigenvalue weighted by molar-refractivity contribution is 5.22. The quantitative estimate of drug-likeness (QED) is 0.780. The minimum Gasteiger partial charge on any atom is -0.316 e. The molecule has 0 fully saturated rings. The van der Waals surface area contributed by atoms with E-state index in [-0.39, 0.29) is 0 Å². The SMILES string of the molecule is CCCN(Cc1ccc(CNC)cc1)C(C)C. The molecule has 0 aliphatic heterocycles. The van der Waals surface area contributed by atoms with Gasteiger partial charge >= 0.3 is 0 Å². The van der Waals surface area contributed by atoms with E-state index in [9.17, 15) is 0 Å². The van der Waals surface area contributed by atoms with Crippen LogP contribution in [0.3, 0.4) is 0 Å². The molecule has 1 N–H and O–H groups in total. The Balaban J connectivity index is 2.60. The van der Waals surface area contributed by atoms with Gasteiger partial charge in [0.05, 0.1) is 0 Å². The summed E-state index contributed by atoms with van der Waals surface area (Å²) in [5, 5.41) is 3.17. The first-order valence-corrected chi connectivity index (χ1v) is 6.63. The van der Waals surface area contributed by atoms with Gasteiger partial charge < -0.3 is 5.32 Å². The standard InChI is InChI=1S/C15H26N2/c1-5-10-17(13(2)3)12-15-8-6-14(7-9-15)11-16-4/h6-9,13,16H,5,10-12H2,1-4H3. The summed E-state index contributed by atoms with van der Waals surface area (Å²) in [6.45, 7) is 9.96. The molecule has 1 rings (SSSR count). The second kappa shape index (κ2) is 7.46. The van der Waals surface area contributed by atoms with Crippen LogP contribution in [0.5, 0.6) is 0 Å². The van der Waals surface area contributed by atoms with Gasteiger partial charge in [-0.2, -0.15) is 0 Å². The molecule has 96 valence electrons. The van der Waals surface area contributed by atoms with Gasteiger partial charge in [0.1, 0.15) is 0 Å². The average Bonchev–Trinajstić information content (AvgIpc) is 2.31. The monoisotopic (exact) mass is 234 g/mol. The predicted octanol–water partition coefficient (Wildman–Crippen LogP) is 3.03. The van der Waals surface area contributed by atoms with Crippen LogP contribution in [0.2, 0.25) is 0 Å². The maximum absolute atomic E-state index is 3.17. The smallest absolute Gasteiger partial charge is 0.0236 e. The van der Waals surface area contributed by atoms with Gasteiger partial charge in [-0.1, -0.05) is 31.2 Å². The summed E-state index contributed by atoms with van der Waals surface area (Å²) in [6, 6.07) is 9.55. The number of rotatable bonds is 7. The van der Waals surface area contributed by atoms with Crippen LogP contribution in [-0.2, 0) is 13.1 Å². The first-order chi connectivity index (χ1) is 8.17. The van der Waals surface area contributed by atoms with Gasteiger partial charge in [0.25, 0.3) is 0 Å². The fraction of sp³-hybridized carbons (Fsp3) is 0.600. The van der Waals surface area contributed by atoms with Crippen LogP contribution in [0.25, 0.3) is 0 Å². The highest BCUT2D eigenvalue weighted by atomic mass is 15.1. The highest BCUT2D eigenvalue weighted by Crippen LogP contribution is 2.10. The average molecular weight is 234 g/mol. The topological polar surface area (TPSA) is 15.3 Å². The van der Waals surface area contributed by atoms with Crippen LogP contribution in [0.4, 0.5) is 0 Å². The Hall–Kier alpha value is -0.860. The molecular formula is C15H26N2. The van der Waals surface area contributed by atoms with Gasteiger partial charge in [-0.25, -0.2) is 0 Å². The Labute approximate surface area is 106 Å². The fourth-order valence-corrected chi connectivity index (χ4v) is 2.01. The maximum atomic E-state index is 3.17. The number of benzene rings is 1. The summed E-state index contributed by atoms with van der Waals surface area (Å²) < 4.78 is 0. The van der Waals surface area contributed by atoms with Crippen molar-refractivity contribution in [2.75, 3.05) is 13.6 Å². The second-order valence-corrected chi connectivity index (χ2v) is 4.91. The zero-order valence-corrected chi connectivity index (χ0v) is 11.7. The molecule has 0 saturated heterocycles. The molecular weight excluding hydrogens is 208 g/mol. The lowest BCUT2D eigenvalue weighted by molar-refractivity contribution is 0.213. The molecule has 0 heterocycles. The normalized spacial score (nSPS) is 11.4. The summed E-state index contributed by atoms with van der Waals surface area (Å²) >= 11 is 0. The zero-order chi connectivity index (χ0) is 12.7. The van der Waals surface area contributed by atoms with Crippen molar-refractivity contribution in [3.63, 3.8) is 0 Å². The summed E-state index contributed by atoms with van der Waals surface area (Å²) in [6.07, 6.45) is 1.22. The van der Waals surface area contributed by atoms with E-state index in [2.05, 4.69) is 55.3 Å². The van der Waals surface area contributed by atoms with Crippen molar-refractivity contribution in [1.82, 2.24) is 10.2 Å². The third kappa shape index (κ3) is 4.88. The van der Waals surface area contributed by atoms with E-state index in [1.54, 1.807) is 0 Å². The van der Waals surface area contributed by atoms with E-state index < -0.39 is 0 Å². The van der Waals surface area contributed by atoms with Crippen LogP contribution >= 0.6 is 0 Å². The summed E-state index contributed by atoms with van der Waals surface area (Å²) in [5.41, 5.74) is 2.76. The molecule has 0 amide bonds. The molecule has 0 saturated carbocycles. The summed E-state index contributed by atoms with van der Waals surface area (Å²) in [5.74, 6) is 0. The molecule has 1 aromatic carbocycles. The minimum atomic E-state index is 0.618. The van der Waals surface area contributed by atoms with Crippen LogP contribution in [0.15, 0.2) is 24.3 Å². The number of hydrogen-bond acceptors (Lipinski definition) is 2. The Morgan fingerprint density at radius 2 is 1.71 bits per heavy atom. The second-order valence-electron chi connectivity index (χ2n) is 4.91. The van der Waals surface area contributed by atoms with Crippen molar-refractivity contribution in [3.8, 4) is 0 Å². The van der Waals surface area contributed by atoms with Gasteiger partial charge in [0.15, 0.2) is 0 Å². The third-order valence-corrected chi connectivity index (χ3v) is 3.03. The van der Waals surface area contributed by atoms with Crippen molar-refractivity contribution >= 4 is 0 Å². The van der Waals surface area contributed by atoms with Crippen LogP contribution in [0.1, 0.15) is 38.3 Å². The maximum Gasteiger partial charge on any atom is 0.0236 e. The van der Waals surface area contributed by atoms with Gasteiger partial charge in [0, 0.05) is 19.1 Å². The lowest BCUT2D eigenvalue weighted by Crippen LogP contribution is -2.30. The molecule has 0 unspecified atom stereocenters. The number of hydrogen-bond donors (Lipinski definition) is 1. The van der Waals surface area contributed by atoms with Crippen molar-refractivity contribution in [1.29, 1.82) is 0 Å². The Morgan fingerprint density at radius 3 is 2.18 bits per heavy atom. The van der Waals surface area contributed by atoms with Crippen molar-refractivity contribution < 1.29 is 0 Å². The molecule has 0 aliphatic rings. The lowest BCUT2D eigenvalue weighted by Gasteiger charge is -2.26. The van der Waals surface area contributed by atoms with Crippen molar-refractivity contribution in [2.45, 2.75) is 46.3 Å². The molecule has 1 aromatic rings. The van der Waals surface area contributed by atoms with Gasteiger partial charge in [-0.3, -0.25) is 4.90 Å². The zero-order valence-electron chi connectivity index (χ0n) is 11.7. The summed E-state index contributed by atoms with van der Waals surface area (Å²) in [4.78, 5) is 2.52. The molecule has 0 aromatic heterocycles. The summed E-state index contributed by atoms with van der Waals surface area (Å²) in [7, 11) is 1.98. The molecule has 0 atom stereocenters. The first kappa shape index (κ1) is 14.2. The van der Waals surface area contributed by atoms with E-state index in [1.807, 2.05) is 7.05 Å². The molecule has 17 heavy (non-hydrogen) atoms. The highest BCUT2D eigenvalue weighted by Gasteiger charge is 2.08.